The zero-order valence-electron chi connectivity index (χ0n) is 8.11. The highest BCUT2D eigenvalue weighted by Crippen LogP contribution is 2.06. The number of nitrogens with one attached hydrogen (secondary N) is 1. The molecule has 0 atom stereocenters. The number of H-pyrrole nitrogens is 1. The maximum atomic E-state index is 11.5. The highest BCUT2D eigenvalue weighted by atomic mass is 16.1. The number of pyridine rings is 1. The quantitative estimate of drug-likeness (QED) is 0.732. The van der Waals surface area contributed by atoms with Gasteiger partial charge in [-0.3, -0.25) is 4.79 Å². The van der Waals surface area contributed by atoms with Gasteiger partial charge in [0, 0.05) is 24.2 Å². The van der Waals surface area contributed by atoms with E-state index in [9.17, 15) is 4.79 Å². The first-order valence-corrected chi connectivity index (χ1v) is 4.39. The first kappa shape index (κ1) is 8.74. The fraction of sp³-hybridized carbons (Fsp3) is 0.200. The minimum atomic E-state index is -0.0325. The Hall–Kier alpha value is -1.84. The van der Waals surface area contributed by atoms with E-state index >= 15 is 0 Å². The van der Waals surface area contributed by atoms with E-state index in [4.69, 9.17) is 0 Å². The summed E-state index contributed by atoms with van der Waals surface area (Å²) in [5.41, 5.74) is 2.39. The first-order valence-electron chi connectivity index (χ1n) is 4.39. The minimum absolute atomic E-state index is 0.0325. The SMILES string of the molecule is Cc1cc(C)n(-c2c[nH]ccc2=O)n1. The van der Waals surface area contributed by atoms with Crippen LogP contribution in [0.15, 0.2) is 29.3 Å². The molecule has 4 heteroatoms. The highest BCUT2D eigenvalue weighted by Gasteiger charge is 2.05. The number of aryl methyl sites for hydroxylation is 2. The molecule has 0 aromatic carbocycles. The average molecular weight is 189 g/mol. The Morgan fingerprint density at radius 3 is 2.79 bits per heavy atom. The molecule has 0 saturated carbocycles. The van der Waals surface area contributed by atoms with E-state index in [1.54, 1.807) is 17.1 Å². The molecule has 0 spiro atoms. The molecule has 0 radical (unpaired) electrons. The van der Waals surface area contributed by atoms with Crippen LogP contribution < -0.4 is 5.43 Å². The van der Waals surface area contributed by atoms with Gasteiger partial charge in [0.2, 0.25) is 5.43 Å². The lowest BCUT2D eigenvalue weighted by atomic mass is 10.3. The van der Waals surface area contributed by atoms with Crippen molar-refractivity contribution < 1.29 is 0 Å². The van der Waals surface area contributed by atoms with Gasteiger partial charge in [0.05, 0.1) is 5.69 Å². The number of hydrogen-bond donors (Lipinski definition) is 1. The van der Waals surface area contributed by atoms with E-state index in [-0.39, 0.29) is 5.43 Å². The van der Waals surface area contributed by atoms with Crippen molar-refractivity contribution in [2.24, 2.45) is 0 Å². The topological polar surface area (TPSA) is 50.7 Å². The van der Waals surface area contributed by atoms with Crippen molar-refractivity contribution in [3.63, 3.8) is 0 Å². The summed E-state index contributed by atoms with van der Waals surface area (Å²) in [4.78, 5) is 14.4. The van der Waals surface area contributed by atoms with Crippen LogP contribution in [0.25, 0.3) is 5.69 Å². The summed E-state index contributed by atoms with van der Waals surface area (Å²) in [6, 6.07) is 3.43. The molecule has 0 aliphatic heterocycles. The number of aromatic nitrogens is 3. The van der Waals surface area contributed by atoms with E-state index in [1.165, 1.54) is 6.07 Å². The Bertz CT molecular complexity index is 510. The minimum Gasteiger partial charge on any atom is -0.366 e. The van der Waals surface area contributed by atoms with Crippen molar-refractivity contribution >= 4 is 0 Å². The molecule has 0 amide bonds. The van der Waals surface area contributed by atoms with Crippen molar-refractivity contribution in [1.82, 2.24) is 14.8 Å². The van der Waals surface area contributed by atoms with Crippen LogP contribution in [0.4, 0.5) is 0 Å². The third kappa shape index (κ3) is 1.35. The third-order valence-electron chi connectivity index (χ3n) is 2.04. The Labute approximate surface area is 81.2 Å². The van der Waals surface area contributed by atoms with Gasteiger partial charge in [0.15, 0.2) is 0 Å². The van der Waals surface area contributed by atoms with Crippen molar-refractivity contribution in [2.75, 3.05) is 0 Å². The standard InChI is InChI=1S/C10H11N3O/c1-7-5-8(2)13(12-7)9-6-11-4-3-10(9)14/h3-6H,1-2H3,(H,11,14). The Balaban J connectivity index is 2.66. The van der Waals surface area contributed by atoms with E-state index in [0.29, 0.717) is 5.69 Å². The van der Waals surface area contributed by atoms with Gasteiger partial charge in [-0.15, -0.1) is 0 Å². The van der Waals surface area contributed by atoms with Crippen LogP contribution in [0.3, 0.4) is 0 Å². The number of hydrogen-bond acceptors (Lipinski definition) is 2. The Morgan fingerprint density at radius 1 is 1.43 bits per heavy atom. The van der Waals surface area contributed by atoms with Crippen LogP contribution in [0.5, 0.6) is 0 Å². The van der Waals surface area contributed by atoms with Crippen molar-refractivity contribution in [2.45, 2.75) is 13.8 Å². The zero-order valence-corrected chi connectivity index (χ0v) is 8.11. The molecule has 2 heterocycles. The summed E-state index contributed by atoms with van der Waals surface area (Å²) >= 11 is 0. The largest absolute Gasteiger partial charge is 0.366 e. The molecule has 72 valence electrons. The van der Waals surface area contributed by atoms with Crippen molar-refractivity contribution in [3.05, 3.63) is 46.1 Å². The molecule has 14 heavy (non-hydrogen) atoms. The summed E-state index contributed by atoms with van der Waals surface area (Å²) in [5.74, 6) is 0. The van der Waals surface area contributed by atoms with E-state index in [0.717, 1.165) is 11.4 Å². The lowest BCUT2D eigenvalue weighted by Crippen LogP contribution is -2.12. The monoisotopic (exact) mass is 189 g/mol. The van der Waals surface area contributed by atoms with Crippen LogP contribution in [0.2, 0.25) is 0 Å². The molecule has 0 bridgehead atoms. The fourth-order valence-electron chi connectivity index (χ4n) is 1.45. The lowest BCUT2D eigenvalue weighted by Gasteiger charge is -2.01. The molecular weight excluding hydrogens is 178 g/mol. The second-order valence-corrected chi connectivity index (χ2v) is 3.23. The van der Waals surface area contributed by atoms with Crippen LogP contribution in [0, 0.1) is 13.8 Å². The summed E-state index contributed by atoms with van der Waals surface area (Å²) < 4.78 is 1.65. The smallest absolute Gasteiger partial charge is 0.207 e. The molecule has 2 rings (SSSR count). The molecule has 0 aliphatic rings. The van der Waals surface area contributed by atoms with Crippen molar-refractivity contribution in [3.8, 4) is 5.69 Å². The maximum absolute atomic E-state index is 11.5. The third-order valence-corrected chi connectivity index (χ3v) is 2.04. The second kappa shape index (κ2) is 3.14. The first-order chi connectivity index (χ1) is 6.68. The number of aromatic amines is 1. The van der Waals surface area contributed by atoms with Crippen LogP contribution in [-0.4, -0.2) is 14.8 Å². The van der Waals surface area contributed by atoms with Gasteiger partial charge in [-0.05, 0) is 19.9 Å². The van der Waals surface area contributed by atoms with Gasteiger partial charge in [-0.1, -0.05) is 0 Å². The number of rotatable bonds is 1. The van der Waals surface area contributed by atoms with Crippen molar-refractivity contribution in [1.29, 1.82) is 0 Å². The fourth-order valence-corrected chi connectivity index (χ4v) is 1.45. The summed E-state index contributed by atoms with van der Waals surface area (Å²) in [6.07, 6.45) is 3.26. The molecule has 2 aromatic heterocycles. The highest BCUT2D eigenvalue weighted by molar-refractivity contribution is 5.29. The van der Waals surface area contributed by atoms with Gasteiger partial charge in [-0.2, -0.15) is 5.10 Å². The molecule has 0 aliphatic carbocycles. The molecule has 0 saturated heterocycles. The van der Waals surface area contributed by atoms with Crippen LogP contribution >= 0.6 is 0 Å². The van der Waals surface area contributed by atoms with Gasteiger partial charge in [0.1, 0.15) is 5.69 Å². The van der Waals surface area contributed by atoms with Crippen LogP contribution in [-0.2, 0) is 0 Å². The molecule has 2 aromatic rings. The molecule has 1 N–H and O–H groups in total. The Kier molecular flexibility index (Phi) is 1.96. The maximum Gasteiger partial charge on any atom is 0.207 e. The lowest BCUT2D eigenvalue weighted by molar-refractivity contribution is 0.822. The second-order valence-electron chi connectivity index (χ2n) is 3.23. The zero-order chi connectivity index (χ0) is 10.1. The van der Waals surface area contributed by atoms with Crippen LogP contribution in [0.1, 0.15) is 11.4 Å². The summed E-state index contributed by atoms with van der Waals surface area (Å²) in [7, 11) is 0. The molecule has 0 unspecified atom stereocenters. The van der Waals surface area contributed by atoms with E-state index in [2.05, 4.69) is 10.1 Å². The van der Waals surface area contributed by atoms with Gasteiger partial charge >= 0.3 is 0 Å². The van der Waals surface area contributed by atoms with E-state index < -0.39 is 0 Å². The molecule has 4 nitrogen and oxygen atoms in total. The normalized spacial score (nSPS) is 10.4. The molecular formula is C10H11N3O. The summed E-state index contributed by atoms with van der Waals surface area (Å²) in [5, 5.41) is 4.24. The van der Waals surface area contributed by atoms with E-state index in [1.807, 2.05) is 19.9 Å². The van der Waals surface area contributed by atoms with Gasteiger partial charge in [-0.25, -0.2) is 4.68 Å². The average Bonchev–Trinajstić information content (AvgIpc) is 2.46. The predicted molar refractivity (Wildman–Crippen MR) is 53.7 cm³/mol. The van der Waals surface area contributed by atoms with Gasteiger partial charge in [0.25, 0.3) is 0 Å². The summed E-state index contributed by atoms with van der Waals surface area (Å²) in [6.45, 7) is 3.83. The van der Waals surface area contributed by atoms with Gasteiger partial charge < -0.3 is 4.98 Å². The predicted octanol–water partition coefficient (Wildman–Crippen LogP) is 1.18. The Morgan fingerprint density at radius 2 is 2.21 bits per heavy atom. The molecule has 0 fully saturated rings. The number of nitrogens with zero attached hydrogens (tertiary/aromatic N) is 2.